The first-order valence-electron chi connectivity index (χ1n) is 7.88. The van der Waals surface area contributed by atoms with Crippen molar-refractivity contribution in [2.45, 2.75) is 25.7 Å². The van der Waals surface area contributed by atoms with Crippen molar-refractivity contribution in [3.63, 3.8) is 0 Å². The van der Waals surface area contributed by atoms with Crippen molar-refractivity contribution < 1.29 is 22.7 Å². The number of imide groups is 1. The number of hydrogen-bond donors (Lipinski definition) is 1. The smallest absolute Gasteiger partial charge is 0.323 e. The van der Waals surface area contributed by atoms with Crippen LogP contribution in [0.4, 0.5) is 4.79 Å². The summed E-state index contributed by atoms with van der Waals surface area (Å²) in [6, 6.07) is 6.53. The van der Waals surface area contributed by atoms with E-state index in [4.69, 9.17) is 4.74 Å². The minimum absolute atomic E-state index is 0.0994. The van der Waals surface area contributed by atoms with Gasteiger partial charge in [0.1, 0.15) is 5.75 Å². The molecule has 3 amide bonds. The largest absolute Gasteiger partial charge is 0.497 e. The maximum Gasteiger partial charge on any atom is 0.323 e. The van der Waals surface area contributed by atoms with Crippen LogP contribution in [0.15, 0.2) is 28.6 Å². The third kappa shape index (κ3) is 6.18. The Morgan fingerprint density at radius 2 is 1.92 bits per heavy atom. The van der Waals surface area contributed by atoms with Crippen molar-refractivity contribution in [3.05, 3.63) is 29.8 Å². The van der Waals surface area contributed by atoms with E-state index in [1.54, 1.807) is 38.3 Å². The van der Waals surface area contributed by atoms with Gasteiger partial charge in [0.05, 0.1) is 19.6 Å². The number of carbonyl (C=O) groups is 2. The fourth-order valence-corrected chi connectivity index (χ4v) is 2.70. The van der Waals surface area contributed by atoms with E-state index in [9.17, 15) is 18.0 Å². The Balaban J connectivity index is 3.05. The summed E-state index contributed by atoms with van der Waals surface area (Å²) in [6.45, 7) is 2.05. The predicted molar refractivity (Wildman–Crippen MR) is 93.0 cm³/mol. The van der Waals surface area contributed by atoms with Gasteiger partial charge in [-0.2, -0.15) is 12.8 Å². The normalized spacial score (nSPS) is 11.3. The van der Waals surface area contributed by atoms with Crippen molar-refractivity contribution in [2.24, 2.45) is 4.36 Å². The summed E-state index contributed by atoms with van der Waals surface area (Å²) in [4.78, 5) is 25.9. The Hall–Kier alpha value is -2.42. The monoisotopic (exact) mass is 369 g/mol. The topological polar surface area (TPSA) is 105 Å². The molecule has 1 rings (SSSR count). The molecule has 8 nitrogen and oxygen atoms in total. The third-order valence-electron chi connectivity index (χ3n) is 3.71. The molecule has 0 aliphatic rings. The van der Waals surface area contributed by atoms with Crippen LogP contribution >= 0.6 is 0 Å². The first-order valence-corrected chi connectivity index (χ1v) is 8.91. The Labute approximate surface area is 148 Å². The highest BCUT2D eigenvalue weighted by atomic mass is 32.2. The van der Waals surface area contributed by atoms with Crippen LogP contribution < -0.4 is 10.1 Å². The van der Waals surface area contributed by atoms with Gasteiger partial charge in [0.25, 0.3) is 0 Å². The SMILES string of the molecule is CCN(C(=O)NC)C(=O)C(CCCN=S(=O)=O)c1ccc(OC)cc1. The molecule has 0 radical (unpaired) electrons. The molecule has 0 spiro atoms. The Bertz CT molecular complexity index is 708. The second kappa shape index (κ2) is 10.4. The summed E-state index contributed by atoms with van der Waals surface area (Å²) in [7, 11) is 0.550. The van der Waals surface area contributed by atoms with Crippen LogP contribution in [0.25, 0.3) is 0 Å². The molecule has 0 bridgehead atoms. The summed E-state index contributed by atoms with van der Waals surface area (Å²) in [5, 5.41) is 2.45. The molecule has 0 saturated heterocycles. The lowest BCUT2D eigenvalue weighted by Crippen LogP contribution is -2.44. The van der Waals surface area contributed by atoms with Crippen LogP contribution in [0.5, 0.6) is 5.75 Å². The van der Waals surface area contributed by atoms with Gasteiger partial charge in [-0.15, -0.1) is 0 Å². The maximum absolute atomic E-state index is 12.8. The summed E-state index contributed by atoms with van der Waals surface area (Å²) in [5.74, 6) is -0.251. The van der Waals surface area contributed by atoms with Gasteiger partial charge in [0.2, 0.25) is 5.91 Å². The minimum Gasteiger partial charge on any atom is -0.497 e. The average molecular weight is 369 g/mol. The number of likely N-dealkylation sites (N-methyl/N-ethyl adjacent to an activating group) is 1. The van der Waals surface area contributed by atoms with Gasteiger partial charge < -0.3 is 10.1 Å². The zero-order valence-corrected chi connectivity index (χ0v) is 15.4. The highest BCUT2D eigenvalue weighted by Crippen LogP contribution is 2.26. The summed E-state index contributed by atoms with van der Waals surface area (Å²) < 4.78 is 29.5. The number of rotatable bonds is 8. The van der Waals surface area contributed by atoms with Crippen molar-refractivity contribution in [1.82, 2.24) is 10.2 Å². The number of hydrogen-bond acceptors (Lipinski definition) is 6. The first kappa shape index (κ1) is 20.6. The van der Waals surface area contributed by atoms with E-state index in [0.29, 0.717) is 18.6 Å². The molecule has 0 aromatic heterocycles. The molecular formula is C16H23N3O5S. The maximum atomic E-state index is 12.8. The molecule has 9 heteroatoms. The van der Waals surface area contributed by atoms with Crippen LogP contribution in [0.1, 0.15) is 31.2 Å². The Morgan fingerprint density at radius 3 is 2.40 bits per heavy atom. The van der Waals surface area contributed by atoms with Gasteiger partial charge in [-0.25, -0.2) is 4.79 Å². The number of benzene rings is 1. The molecule has 0 aliphatic carbocycles. The molecule has 0 aliphatic heterocycles. The van der Waals surface area contributed by atoms with Crippen LogP contribution in [-0.4, -0.2) is 52.5 Å². The number of nitrogens with zero attached hydrogens (tertiary/aromatic N) is 2. The van der Waals surface area contributed by atoms with Crippen molar-refractivity contribution in [1.29, 1.82) is 0 Å². The van der Waals surface area contributed by atoms with Crippen molar-refractivity contribution >= 4 is 22.4 Å². The Kier molecular flexibility index (Phi) is 8.62. The quantitative estimate of drug-likeness (QED) is 0.704. The second-order valence-corrected chi connectivity index (χ2v) is 5.87. The summed E-state index contributed by atoms with van der Waals surface area (Å²) in [6.07, 6.45) is 0.779. The molecule has 1 aromatic rings. The lowest BCUT2D eigenvalue weighted by atomic mass is 9.92. The molecular weight excluding hydrogens is 346 g/mol. The van der Waals surface area contributed by atoms with E-state index in [0.717, 1.165) is 10.5 Å². The molecule has 1 atom stereocenters. The second-order valence-electron chi connectivity index (χ2n) is 5.18. The number of nitrogens with one attached hydrogen (secondary N) is 1. The number of urea groups is 1. The van der Waals surface area contributed by atoms with Crippen LogP contribution in [-0.2, 0) is 15.3 Å². The molecule has 0 heterocycles. The molecule has 1 N–H and O–H groups in total. The fourth-order valence-electron chi connectivity index (χ4n) is 2.43. The molecule has 1 unspecified atom stereocenters. The average Bonchev–Trinajstić information content (AvgIpc) is 2.62. The van der Waals surface area contributed by atoms with Gasteiger partial charge in [0, 0.05) is 13.6 Å². The fraction of sp³-hybridized carbons (Fsp3) is 0.500. The van der Waals surface area contributed by atoms with Crippen LogP contribution in [0.3, 0.4) is 0 Å². The van der Waals surface area contributed by atoms with Gasteiger partial charge in [-0.3, -0.25) is 9.69 Å². The highest BCUT2D eigenvalue weighted by molar-refractivity contribution is 7.61. The van der Waals surface area contributed by atoms with Crippen molar-refractivity contribution in [2.75, 3.05) is 27.2 Å². The standard InChI is InChI=1S/C16H23N3O5S/c1-4-19(16(21)17-2)15(20)14(6-5-11-18-25(22)23)12-7-9-13(24-3)10-8-12/h7-10,14H,4-6,11H2,1-3H3,(H,17,21). The van der Waals surface area contributed by atoms with E-state index in [2.05, 4.69) is 9.68 Å². The van der Waals surface area contributed by atoms with E-state index in [1.807, 2.05) is 0 Å². The van der Waals surface area contributed by atoms with Crippen molar-refractivity contribution in [3.8, 4) is 5.75 Å². The van der Waals surface area contributed by atoms with Gasteiger partial charge in [0.15, 0.2) is 0 Å². The number of carbonyl (C=O) groups excluding carboxylic acids is 2. The van der Waals surface area contributed by atoms with Gasteiger partial charge in [-0.1, -0.05) is 12.1 Å². The van der Waals surface area contributed by atoms with E-state index in [-0.39, 0.29) is 19.0 Å². The van der Waals surface area contributed by atoms with Crippen LogP contribution in [0, 0.1) is 0 Å². The molecule has 0 saturated carbocycles. The lowest BCUT2D eigenvalue weighted by molar-refractivity contribution is -0.129. The zero-order chi connectivity index (χ0) is 18.8. The predicted octanol–water partition coefficient (Wildman–Crippen LogP) is 1.81. The van der Waals surface area contributed by atoms with E-state index in [1.165, 1.54) is 7.05 Å². The van der Waals surface area contributed by atoms with Gasteiger partial charge in [-0.05, 0) is 37.5 Å². The number of amides is 3. The lowest BCUT2D eigenvalue weighted by Gasteiger charge is -2.24. The van der Waals surface area contributed by atoms with E-state index >= 15 is 0 Å². The third-order valence-corrected chi connectivity index (χ3v) is 4.10. The minimum atomic E-state index is -2.46. The number of methoxy groups -OCH3 is 1. The first-order chi connectivity index (χ1) is 11.9. The highest BCUT2D eigenvalue weighted by Gasteiger charge is 2.28. The summed E-state index contributed by atoms with van der Waals surface area (Å²) in [5.41, 5.74) is 0.733. The molecule has 0 fully saturated rings. The van der Waals surface area contributed by atoms with Gasteiger partial charge >= 0.3 is 16.5 Å². The molecule has 25 heavy (non-hydrogen) atoms. The Morgan fingerprint density at radius 1 is 1.28 bits per heavy atom. The molecule has 1 aromatic carbocycles. The van der Waals surface area contributed by atoms with E-state index < -0.39 is 22.4 Å². The number of ether oxygens (including phenoxy) is 1. The molecule has 138 valence electrons. The summed E-state index contributed by atoms with van der Waals surface area (Å²) >= 11 is 0. The zero-order valence-electron chi connectivity index (χ0n) is 14.6. The van der Waals surface area contributed by atoms with Crippen LogP contribution in [0.2, 0.25) is 0 Å².